The Hall–Kier alpha value is -0.940. The summed E-state index contributed by atoms with van der Waals surface area (Å²) in [5.41, 5.74) is 1.36. The van der Waals surface area contributed by atoms with Crippen LogP contribution in [0.25, 0.3) is 0 Å². The van der Waals surface area contributed by atoms with E-state index in [0.717, 1.165) is 51.8 Å². The van der Waals surface area contributed by atoms with Crippen LogP contribution in [0, 0.1) is 0 Å². The van der Waals surface area contributed by atoms with Crippen LogP contribution in [0.4, 0.5) is 0 Å². The van der Waals surface area contributed by atoms with Gasteiger partial charge in [-0.25, -0.2) is 0 Å². The summed E-state index contributed by atoms with van der Waals surface area (Å²) in [6.07, 6.45) is 5.18. The molecule has 0 aliphatic carbocycles. The van der Waals surface area contributed by atoms with Gasteiger partial charge < -0.3 is 14.4 Å². The molecular formula is C21H34N2O2. The standard InChI is InChI=1S/C21H34N2O2/c1-19-18-23(14-17-25-19)21-8-12-22(13-9-21)11-5-15-24-16-10-20-6-3-2-4-7-20/h2-4,6-7,19,21H,5,8-18H2,1H3/t19-/m1/s1. The second-order valence-electron chi connectivity index (χ2n) is 7.45. The van der Waals surface area contributed by atoms with Crippen molar-refractivity contribution in [3.63, 3.8) is 0 Å². The van der Waals surface area contributed by atoms with Gasteiger partial charge in [0.15, 0.2) is 0 Å². The molecule has 140 valence electrons. The largest absolute Gasteiger partial charge is 0.381 e. The molecule has 0 radical (unpaired) electrons. The summed E-state index contributed by atoms with van der Waals surface area (Å²) in [6.45, 7) is 10.7. The van der Waals surface area contributed by atoms with E-state index in [0.29, 0.717) is 6.10 Å². The van der Waals surface area contributed by atoms with Crippen LogP contribution < -0.4 is 0 Å². The van der Waals surface area contributed by atoms with Crippen LogP contribution in [-0.2, 0) is 15.9 Å². The number of morpholine rings is 1. The highest BCUT2D eigenvalue weighted by molar-refractivity contribution is 5.14. The van der Waals surface area contributed by atoms with Gasteiger partial charge in [0.05, 0.1) is 19.3 Å². The molecular weight excluding hydrogens is 312 g/mol. The molecule has 1 aromatic carbocycles. The quantitative estimate of drug-likeness (QED) is 0.676. The smallest absolute Gasteiger partial charge is 0.0674 e. The summed E-state index contributed by atoms with van der Waals surface area (Å²) in [7, 11) is 0. The normalized spacial score (nSPS) is 23.8. The minimum absolute atomic E-state index is 0.403. The average Bonchev–Trinajstić information content (AvgIpc) is 2.66. The number of hydrogen-bond acceptors (Lipinski definition) is 4. The highest BCUT2D eigenvalue weighted by Gasteiger charge is 2.27. The zero-order chi connectivity index (χ0) is 17.3. The number of benzene rings is 1. The summed E-state index contributed by atoms with van der Waals surface area (Å²) in [4.78, 5) is 5.26. The third-order valence-electron chi connectivity index (χ3n) is 5.49. The summed E-state index contributed by atoms with van der Waals surface area (Å²) < 4.78 is 11.5. The second-order valence-corrected chi connectivity index (χ2v) is 7.45. The summed E-state index contributed by atoms with van der Waals surface area (Å²) in [6, 6.07) is 11.4. The molecule has 0 aromatic heterocycles. The van der Waals surface area contributed by atoms with E-state index in [1.165, 1.54) is 38.0 Å². The average molecular weight is 347 g/mol. The molecule has 0 spiro atoms. The minimum atomic E-state index is 0.403. The third-order valence-corrected chi connectivity index (χ3v) is 5.49. The lowest BCUT2D eigenvalue weighted by molar-refractivity contribution is -0.0436. The number of hydrogen-bond donors (Lipinski definition) is 0. The summed E-state index contributed by atoms with van der Waals surface area (Å²) in [5.74, 6) is 0. The molecule has 2 saturated heterocycles. The predicted molar refractivity (Wildman–Crippen MR) is 102 cm³/mol. The predicted octanol–water partition coefficient (Wildman–Crippen LogP) is 2.82. The van der Waals surface area contributed by atoms with E-state index < -0.39 is 0 Å². The molecule has 0 unspecified atom stereocenters. The van der Waals surface area contributed by atoms with Gasteiger partial charge in [-0.1, -0.05) is 30.3 Å². The van der Waals surface area contributed by atoms with E-state index in [-0.39, 0.29) is 0 Å². The zero-order valence-corrected chi connectivity index (χ0v) is 15.7. The maximum atomic E-state index is 5.81. The molecule has 0 bridgehead atoms. The van der Waals surface area contributed by atoms with Crippen molar-refractivity contribution in [3.8, 4) is 0 Å². The molecule has 0 N–H and O–H groups in total. The first kappa shape index (κ1) is 18.8. The number of piperidine rings is 1. The van der Waals surface area contributed by atoms with Crippen LogP contribution in [0.1, 0.15) is 31.7 Å². The maximum Gasteiger partial charge on any atom is 0.0674 e. The number of likely N-dealkylation sites (tertiary alicyclic amines) is 1. The molecule has 1 atom stereocenters. The van der Waals surface area contributed by atoms with Crippen molar-refractivity contribution in [3.05, 3.63) is 35.9 Å². The lowest BCUT2D eigenvalue weighted by Crippen LogP contribution is -2.51. The van der Waals surface area contributed by atoms with Gasteiger partial charge in [-0.15, -0.1) is 0 Å². The maximum absolute atomic E-state index is 5.81. The first-order valence-corrected chi connectivity index (χ1v) is 10.0. The van der Waals surface area contributed by atoms with Crippen molar-refractivity contribution >= 4 is 0 Å². The summed E-state index contributed by atoms with van der Waals surface area (Å²) in [5, 5.41) is 0. The summed E-state index contributed by atoms with van der Waals surface area (Å²) >= 11 is 0. The van der Waals surface area contributed by atoms with E-state index >= 15 is 0 Å². The van der Waals surface area contributed by atoms with Crippen LogP contribution in [0.5, 0.6) is 0 Å². The van der Waals surface area contributed by atoms with Crippen LogP contribution in [0.15, 0.2) is 30.3 Å². The van der Waals surface area contributed by atoms with Crippen molar-refractivity contribution in [1.29, 1.82) is 0 Å². The van der Waals surface area contributed by atoms with Gasteiger partial charge >= 0.3 is 0 Å². The third kappa shape index (κ3) is 6.37. The van der Waals surface area contributed by atoms with Crippen molar-refractivity contribution in [2.24, 2.45) is 0 Å². The fourth-order valence-corrected chi connectivity index (χ4v) is 4.01. The van der Waals surface area contributed by atoms with Gasteiger partial charge in [-0.3, -0.25) is 4.90 Å². The van der Waals surface area contributed by atoms with Gasteiger partial charge in [0.1, 0.15) is 0 Å². The van der Waals surface area contributed by atoms with Gasteiger partial charge in [-0.05, 0) is 51.3 Å². The Morgan fingerprint density at radius 3 is 2.64 bits per heavy atom. The van der Waals surface area contributed by atoms with E-state index in [4.69, 9.17) is 9.47 Å². The monoisotopic (exact) mass is 346 g/mol. The van der Waals surface area contributed by atoms with Crippen molar-refractivity contribution < 1.29 is 9.47 Å². The van der Waals surface area contributed by atoms with E-state index in [9.17, 15) is 0 Å². The number of ether oxygens (including phenoxy) is 2. The molecule has 2 aliphatic heterocycles. The minimum Gasteiger partial charge on any atom is -0.381 e. The van der Waals surface area contributed by atoms with Crippen LogP contribution >= 0.6 is 0 Å². The molecule has 2 fully saturated rings. The van der Waals surface area contributed by atoms with E-state index in [2.05, 4.69) is 47.1 Å². The molecule has 2 heterocycles. The Labute approximate surface area is 153 Å². The fourth-order valence-electron chi connectivity index (χ4n) is 4.01. The van der Waals surface area contributed by atoms with Crippen LogP contribution in [0.3, 0.4) is 0 Å². The van der Waals surface area contributed by atoms with Crippen LogP contribution in [-0.4, -0.2) is 74.5 Å². The first-order valence-electron chi connectivity index (χ1n) is 10.0. The molecule has 4 heteroatoms. The lowest BCUT2D eigenvalue weighted by Gasteiger charge is -2.41. The Morgan fingerprint density at radius 2 is 1.88 bits per heavy atom. The molecule has 4 nitrogen and oxygen atoms in total. The molecule has 1 aromatic rings. The SMILES string of the molecule is C[C@@H]1CN(C2CCN(CCCOCCc3ccccc3)CC2)CCO1. The molecule has 3 rings (SSSR count). The van der Waals surface area contributed by atoms with Crippen molar-refractivity contribution in [2.45, 2.75) is 44.8 Å². The molecule has 0 amide bonds. The second kappa shape index (κ2) is 10.3. The zero-order valence-electron chi connectivity index (χ0n) is 15.7. The van der Waals surface area contributed by atoms with E-state index in [1.54, 1.807) is 0 Å². The highest BCUT2D eigenvalue weighted by atomic mass is 16.5. The lowest BCUT2D eigenvalue weighted by atomic mass is 10.0. The topological polar surface area (TPSA) is 24.9 Å². The van der Waals surface area contributed by atoms with E-state index in [1.807, 2.05) is 0 Å². The van der Waals surface area contributed by atoms with Gasteiger partial charge in [0.2, 0.25) is 0 Å². The van der Waals surface area contributed by atoms with Crippen molar-refractivity contribution in [1.82, 2.24) is 9.80 Å². The molecule has 0 saturated carbocycles. The van der Waals surface area contributed by atoms with Gasteiger partial charge in [-0.2, -0.15) is 0 Å². The first-order chi connectivity index (χ1) is 12.3. The Balaban J connectivity index is 1.22. The fraction of sp³-hybridized carbons (Fsp3) is 0.714. The van der Waals surface area contributed by atoms with Crippen molar-refractivity contribution in [2.75, 3.05) is 52.5 Å². The van der Waals surface area contributed by atoms with Gasteiger partial charge in [0, 0.05) is 32.3 Å². The molecule has 25 heavy (non-hydrogen) atoms. The van der Waals surface area contributed by atoms with Crippen LogP contribution in [0.2, 0.25) is 0 Å². The Bertz CT molecular complexity index is 474. The molecule has 2 aliphatic rings. The highest BCUT2D eigenvalue weighted by Crippen LogP contribution is 2.19. The van der Waals surface area contributed by atoms with Gasteiger partial charge in [0.25, 0.3) is 0 Å². The number of nitrogens with zero attached hydrogens (tertiary/aromatic N) is 2. The Kier molecular flexibility index (Phi) is 7.74. The number of rotatable bonds is 8. The Morgan fingerprint density at radius 1 is 1.08 bits per heavy atom.